The molecular weight excluding hydrogens is 296 g/mol. The van der Waals surface area contributed by atoms with E-state index in [1.54, 1.807) is 7.11 Å². The third-order valence-corrected chi connectivity index (χ3v) is 4.49. The number of thioether (sulfide) groups is 1. The zero-order chi connectivity index (χ0) is 16.1. The van der Waals surface area contributed by atoms with Gasteiger partial charge in [-0.2, -0.15) is 0 Å². The average molecular weight is 316 g/mol. The molecule has 116 valence electrons. The molecule has 0 amide bonds. The van der Waals surface area contributed by atoms with Crippen molar-refractivity contribution in [2.75, 3.05) is 12.9 Å². The molecule has 0 atom stereocenters. The van der Waals surface area contributed by atoms with E-state index in [0.29, 0.717) is 5.75 Å². The number of aryl methyl sites for hydroxylation is 2. The van der Waals surface area contributed by atoms with Gasteiger partial charge in [0.15, 0.2) is 0 Å². The summed E-state index contributed by atoms with van der Waals surface area (Å²) in [7, 11) is 1.63. The van der Waals surface area contributed by atoms with Gasteiger partial charge in [-0.05, 0) is 61.7 Å². The quantitative estimate of drug-likeness (QED) is 0.467. The molecule has 0 bridgehead atoms. The Balaban J connectivity index is 1.97. The third kappa shape index (κ3) is 4.04. The highest BCUT2D eigenvalue weighted by atomic mass is 32.2. The lowest BCUT2D eigenvalue weighted by atomic mass is 10.1. The Bertz CT molecular complexity index is 663. The molecule has 0 heterocycles. The number of methoxy groups -OCH3 is 1. The second-order valence-electron chi connectivity index (χ2n) is 5.09. The Labute approximate surface area is 135 Å². The van der Waals surface area contributed by atoms with Crippen molar-refractivity contribution in [2.45, 2.75) is 25.7 Å². The second-order valence-corrected chi connectivity index (χ2v) is 6.14. The predicted molar refractivity (Wildman–Crippen MR) is 90.0 cm³/mol. The van der Waals surface area contributed by atoms with Crippen molar-refractivity contribution in [2.24, 2.45) is 0 Å². The smallest absolute Gasteiger partial charge is 0.321 e. The fourth-order valence-electron chi connectivity index (χ4n) is 2.04. The standard InChI is InChI=1S/C18H20O3S/c1-12-5-6-13(2)18(14(12)3)21-17(19)11-22-16-9-7-15(20-4)8-10-16/h5-10H,11H2,1-4H3. The first-order valence-electron chi connectivity index (χ1n) is 7.05. The molecule has 2 rings (SSSR count). The van der Waals surface area contributed by atoms with Crippen LogP contribution in [0.1, 0.15) is 16.7 Å². The van der Waals surface area contributed by atoms with Crippen molar-refractivity contribution in [1.82, 2.24) is 0 Å². The summed E-state index contributed by atoms with van der Waals surface area (Å²) in [6.45, 7) is 5.94. The van der Waals surface area contributed by atoms with Gasteiger partial charge in [-0.3, -0.25) is 4.79 Å². The normalized spacial score (nSPS) is 10.4. The van der Waals surface area contributed by atoms with Crippen LogP contribution in [0.4, 0.5) is 0 Å². The molecule has 0 saturated carbocycles. The summed E-state index contributed by atoms with van der Waals surface area (Å²) >= 11 is 1.45. The van der Waals surface area contributed by atoms with Crippen LogP contribution in [0.25, 0.3) is 0 Å². The van der Waals surface area contributed by atoms with Crippen molar-refractivity contribution in [3.8, 4) is 11.5 Å². The van der Waals surface area contributed by atoms with E-state index in [1.165, 1.54) is 11.8 Å². The lowest BCUT2D eigenvalue weighted by Gasteiger charge is -2.12. The van der Waals surface area contributed by atoms with Gasteiger partial charge < -0.3 is 9.47 Å². The Morgan fingerprint density at radius 2 is 1.64 bits per heavy atom. The lowest BCUT2D eigenvalue weighted by Crippen LogP contribution is -2.12. The number of ether oxygens (including phenoxy) is 2. The number of carbonyl (C=O) groups excluding carboxylic acids is 1. The molecular formula is C18H20O3S. The molecule has 22 heavy (non-hydrogen) atoms. The van der Waals surface area contributed by atoms with Gasteiger partial charge >= 0.3 is 5.97 Å². The summed E-state index contributed by atoms with van der Waals surface area (Å²) in [5, 5.41) is 0. The van der Waals surface area contributed by atoms with E-state index < -0.39 is 0 Å². The number of benzene rings is 2. The number of esters is 1. The van der Waals surface area contributed by atoms with Crippen LogP contribution in [0.15, 0.2) is 41.3 Å². The molecule has 0 aliphatic carbocycles. The summed E-state index contributed by atoms with van der Waals surface area (Å²) in [4.78, 5) is 13.1. The lowest BCUT2D eigenvalue weighted by molar-refractivity contribution is -0.131. The van der Waals surface area contributed by atoms with Crippen LogP contribution in [0.3, 0.4) is 0 Å². The fourth-order valence-corrected chi connectivity index (χ4v) is 2.71. The van der Waals surface area contributed by atoms with Crippen LogP contribution < -0.4 is 9.47 Å². The van der Waals surface area contributed by atoms with E-state index in [1.807, 2.05) is 57.2 Å². The van der Waals surface area contributed by atoms with Crippen LogP contribution in [-0.2, 0) is 4.79 Å². The summed E-state index contributed by atoms with van der Waals surface area (Å²) in [6.07, 6.45) is 0. The predicted octanol–water partition coefficient (Wildman–Crippen LogP) is 4.32. The second kappa shape index (κ2) is 7.36. The molecule has 0 spiro atoms. The zero-order valence-electron chi connectivity index (χ0n) is 13.3. The molecule has 0 radical (unpaired) electrons. The molecule has 2 aromatic rings. The molecule has 0 fully saturated rings. The van der Waals surface area contributed by atoms with Crippen molar-refractivity contribution in [1.29, 1.82) is 0 Å². The highest BCUT2D eigenvalue weighted by Crippen LogP contribution is 2.27. The summed E-state index contributed by atoms with van der Waals surface area (Å²) in [6, 6.07) is 11.6. The van der Waals surface area contributed by atoms with Gasteiger partial charge in [0.2, 0.25) is 0 Å². The van der Waals surface area contributed by atoms with Gasteiger partial charge in [0.05, 0.1) is 12.9 Å². The largest absolute Gasteiger partial charge is 0.497 e. The van der Waals surface area contributed by atoms with E-state index in [9.17, 15) is 4.79 Å². The zero-order valence-corrected chi connectivity index (χ0v) is 14.1. The molecule has 3 nitrogen and oxygen atoms in total. The molecule has 4 heteroatoms. The first-order chi connectivity index (χ1) is 10.5. The molecule has 0 N–H and O–H groups in total. The fraction of sp³-hybridized carbons (Fsp3) is 0.278. The summed E-state index contributed by atoms with van der Waals surface area (Å²) in [5.41, 5.74) is 3.12. The van der Waals surface area contributed by atoms with E-state index in [2.05, 4.69) is 0 Å². The molecule has 0 saturated heterocycles. The van der Waals surface area contributed by atoms with Crippen LogP contribution in [0.5, 0.6) is 11.5 Å². The van der Waals surface area contributed by atoms with Crippen molar-refractivity contribution >= 4 is 17.7 Å². The van der Waals surface area contributed by atoms with Gasteiger partial charge in [-0.15, -0.1) is 11.8 Å². The Hall–Kier alpha value is -1.94. The highest BCUT2D eigenvalue weighted by Gasteiger charge is 2.12. The van der Waals surface area contributed by atoms with Crippen LogP contribution in [0.2, 0.25) is 0 Å². The minimum atomic E-state index is -0.238. The van der Waals surface area contributed by atoms with Gasteiger partial charge in [0, 0.05) is 4.90 Å². The Morgan fingerprint density at radius 1 is 1.00 bits per heavy atom. The maximum absolute atomic E-state index is 12.1. The monoisotopic (exact) mass is 316 g/mol. The van der Waals surface area contributed by atoms with Crippen molar-refractivity contribution in [3.63, 3.8) is 0 Å². The summed E-state index contributed by atoms with van der Waals surface area (Å²) in [5.74, 6) is 1.52. The highest BCUT2D eigenvalue weighted by molar-refractivity contribution is 8.00. The van der Waals surface area contributed by atoms with Gasteiger partial charge in [-0.1, -0.05) is 12.1 Å². The number of rotatable bonds is 5. The first kappa shape index (κ1) is 16.4. The summed E-state index contributed by atoms with van der Waals surface area (Å²) < 4.78 is 10.6. The van der Waals surface area contributed by atoms with E-state index in [4.69, 9.17) is 9.47 Å². The Kier molecular flexibility index (Phi) is 5.50. The van der Waals surface area contributed by atoms with E-state index in [-0.39, 0.29) is 11.7 Å². The van der Waals surface area contributed by atoms with Gasteiger partial charge in [0.1, 0.15) is 11.5 Å². The Morgan fingerprint density at radius 3 is 2.27 bits per heavy atom. The number of carbonyl (C=O) groups is 1. The molecule has 0 unspecified atom stereocenters. The maximum Gasteiger partial charge on any atom is 0.321 e. The molecule has 2 aromatic carbocycles. The minimum absolute atomic E-state index is 0.238. The van der Waals surface area contributed by atoms with E-state index in [0.717, 1.165) is 27.3 Å². The van der Waals surface area contributed by atoms with E-state index >= 15 is 0 Å². The molecule has 0 aromatic heterocycles. The van der Waals surface area contributed by atoms with Gasteiger partial charge in [-0.25, -0.2) is 0 Å². The van der Waals surface area contributed by atoms with Crippen LogP contribution in [-0.4, -0.2) is 18.8 Å². The third-order valence-electron chi connectivity index (χ3n) is 3.51. The first-order valence-corrected chi connectivity index (χ1v) is 8.04. The average Bonchev–Trinajstić information content (AvgIpc) is 2.53. The van der Waals surface area contributed by atoms with Crippen LogP contribution >= 0.6 is 11.8 Å². The number of hydrogen-bond donors (Lipinski definition) is 0. The van der Waals surface area contributed by atoms with Gasteiger partial charge in [0.25, 0.3) is 0 Å². The maximum atomic E-state index is 12.1. The SMILES string of the molecule is COc1ccc(SCC(=O)Oc2c(C)ccc(C)c2C)cc1. The molecule has 0 aliphatic heterocycles. The molecule has 0 aliphatic rings. The van der Waals surface area contributed by atoms with Crippen LogP contribution in [0, 0.1) is 20.8 Å². The topological polar surface area (TPSA) is 35.5 Å². The number of hydrogen-bond acceptors (Lipinski definition) is 4. The minimum Gasteiger partial charge on any atom is -0.497 e. The van der Waals surface area contributed by atoms with Crippen molar-refractivity contribution < 1.29 is 14.3 Å². The van der Waals surface area contributed by atoms with Crippen molar-refractivity contribution in [3.05, 3.63) is 53.1 Å².